The van der Waals surface area contributed by atoms with Gasteiger partial charge in [-0.25, -0.2) is 19.9 Å². The van der Waals surface area contributed by atoms with E-state index in [-0.39, 0.29) is 12.2 Å². The maximum atomic E-state index is 7.47. The van der Waals surface area contributed by atoms with Crippen LogP contribution in [0, 0.1) is 0 Å². The highest BCUT2D eigenvalue weighted by Gasteiger charge is 2.24. The van der Waals surface area contributed by atoms with Gasteiger partial charge in [-0.15, -0.1) is 0 Å². The number of unbranched alkanes of at least 4 members (excludes halogenated alkanes) is 12. The van der Waals surface area contributed by atoms with E-state index in [2.05, 4.69) is 125 Å². The second-order valence-electron chi connectivity index (χ2n) is 17.7. The second kappa shape index (κ2) is 26.6. The summed E-state index contributed by atoms with van der Waals surface area (Å²) in [6.07, 6.45) is 31.6. The van der Waals surface area contributed by atoms with Gasteiger partial charge >= 0.3 is 0 Å². The highest BCUT2D eigenvalue weighted by Crippen LogP contribution is 2.38. The van der Waals surface area contributed by atoms with E-state index in [1.54, 1.807) is 0 Å². The van der Waals surface area contributed by atoms with Crippen LogP contribution in [0.25, 0.3) is 22.8 Å². The molecule has 6 aromatic rings. The SMILES string of the molecule is CCCCCCc1ccc(C(OC(c2ccc(CCCCCC)cc2)c2ccc(-c3ncc(CCCCCC)cn3)cc2)c2ccc(-c3ncc(CCCCCC)cn3)cc2)cc1. The highest BCUT2D eigenvalue weighted by molar-refractivity contribution is 5.57. The predicted molar refractivity (Wildman–Crippen MR) is 264 cm³/mol. The zero-order valence-electron chi connectivity index (χ0n) is 39.0. The van der Waals surface area contributed by atoms with Crippen molar-refractivity contribution in [1.29, 1.82) is 0 Å². The van der Waals surface area contributed by atoms with Gasteiger partial charge in [0.05, 0.1) is 0 Å². The summed E-state index contributed by atoms with van der Waals surface area (Å²) < 4.78 is 7.47. The van der Waals surface area contributed by atoms with Crippen LogP contribution in [0.4, 0.5) is 0 Å². The number of hydrogen-bond donors (Lipinski definition) is 0. The van der Waals surface area contributed by atoms with Crippen LogP contribution in [0.3, 0.4) is 0 Å². The zero-order chi connectivity index (χ0) is 43.9. The Kier molecular flexibility index (Phi) is 20.0. The molecule has 0 radical (unpaired) electrons. The van der Waals surface area contributed by atoms with Crippen molar-refractivity contribution in [1.82, 2.24) is 19.9 Å². The van der Waals surface area contributed by atoms with E-state index >= 15 is 0 Å². The lowest BCUT2D eigenvalue weighted by molar-refractivity contribution is 0.0308. The Balaban J connectivity index is 1.29. The van der Waals surface area contributed by atoms with E-state index in [9.17, 15) is 0 Å². The lowest BCUT2D eigenvalue weighted by Crippen LogP contribution is -2.14. The first kappa shape index (κ1) is 47.5. The molecule has 6 rings (SSSR count). The van der Waals surface area contributed by atoms with Crippen molar-refractivity contribution >= 4 is 0 Å². The Labute approximate surface area is 380 Å². The van der Waals surface area contributed by atoms with Gasteiger partial charge in [0.25, 0.3) is 0 Å². The van der Waals surface area contributed by atoms with Crippen LogP contribution < -0.4 is 0 Å². The largest absolute Gasteiger partial charge is 0.356 e. The number of aryl methyl sites for hydroxylation is 4. The number of nitrogens with zero attached hydrogens (tertiary/aromatic N) is 4. The van der Waals surface area contributed by atoms with Gasteiger partial charge in [0.15, 0.2) is 11.6 Å². The summed E-state index contributed by atoms with van der Waals surface area (Å²) in [5.74, 6) is 1.50. The van der Waals surface area contributed by atoms with E-state index in [1.807, 2.05) is 24.8 Å². The number of benzene rings is 4. The molecule has 0 aliphatic carbocycles. The lowest BCUT2D eigenvalue weighted by Gasteiger charge is -2.27. The maximum Gasteiger partial charge on any atom is 0.159 e. The average molecular weight is 843 g/mol. The fourth-order valence-electron chi connectivity index (χ4n) is 8.46. The zero-order valence-corrected chi connectivity index (χ0v) is 39.0. The molecule has 5 heteroatoms. The summed E-state index contributed by atoms with van der Waals surface area (Å²) in [7, 11) is 0. The Bertz CT molecular complexity index is 1970. The van der Waals surface area contributed by atoms with Crippen molar-refractivity contribution in [3.63, 3.8) is 0 Å². The summed E-state index contributed by atoms with van der Waals surface area (Å²) in [6, 6.07) is 35.7. The van der Waals surface area contributed by atoms with E-state index in [4.69, 9.17) is 24.7 Å². The molecule has 2 unspecified atom stereocenters. The summed E-state index contributed by atoms with van der Waals surface area (Å²) in [6.45, 7) is 9.05. The number of aromatic nitrogens is 4. The van der Waals surface area contributed by atoms with Gasteiger partial charge in [-0.1, -0.05) is 202 Å². The number of ether oxygens (including phenoxy) is 1. The monoisotopic (exact) mass is 843 g/mol. The highest BCUT2D eigenvalue weighted by atomic mass is 16.5. The third kappa shape index (κ3) is 15.1. The molecule has 2 atom stereocenters. The molecule has 5 nitrogen and oxygen atoms in total. The van der Waals surface area contributed by atoms with Gasteiger partial charge < -0.3 is 4.74 Å². The summed E-state index contributed by atoms with van der Waals surface area (Å²) in [4.78, 5) is 19.2. The quantitative estimate of drug-likeness (QED) is 0.0461. The lowest BCUT2D eigenvalue weighted by atomic mass is 9.95. The van der Waals surface area contributed by atoms with Crippen molar-refractivity contribution < 1.29 is 4.74 Å². The summed E-state index contributed by atoms with van der Waals surface area (Å²) in [5.41, 5.74) is 11.6. The minimum atomic E-state index is -0.314. The van der Waals surface area contributed by atoms with Crippen LogP contribution in [0.2, 0.25) is 0 Å². The number of rotatable bonds is 28. The van der Waals surface area contributed by atoms with E-state index in [0.717, 1.165) is 70.7 Å². The van der Waals surface area contributed by atoms with Crippen molar-refractivity contribution in [2.75, 3.05) is 0 Å². The Morgan fingerprint density at radius 2 is 0.587 bits per heavy atom. The predicted octanol–water partition coefficient (Wildman–Crippen LogP) is 16.0. The molecule has 2 heterocycles. The molecular weight excluding hydrogens is 769 g/mol. The van der Waals surface area contributed by atoms with Gasteiger partial charge in [0.1, 0.15) is 12.2 Å². The molecule has 4 aromatic carbocycles. The topological polar surface area (TPSA) is 60.8 Å². The van der Waals surface area contributed by atoms with Gasteiger partial charge in [0.2, 0.25) is 0 Å². The molecule has 0 saturated heterocycles. The van der Waals surface area contributed by atoms with Crippen molar-refractivity contribution in [2.45, 2.75) is 168 Å². The Morgan fingerprint density at radius 3 is 0.873 bits per heavy atom. The van der Waals surface area contributed by atoms with Crippen LogP contribution in [0.15, 0.2) is 122 Å². The molecular formula is C58H74N4O. The Hall–Kier alpha value is -5.00. The fraction of sp³-hybridized carbons (Fsp3) is 0.448. The molecule has 0 aliphatic heterocycles. The summed E-state index contributed by atoms with van der Waals surface area (Å²) in [5, 5.41) is 0. The Morgan fingerprint density at radius 1 is 0.317 bits per heavy atom. The van der Waals surface area contributed by atoms with Gasteiger partial charge in [-0.2, -0.15) is 0 Å². The minimum Gasteiger partial charge on any atom is -0.356 e. The van der Waals surface area contributed by atoms with Crippen molar-refractivity contribution in [3.05, 3.63) is 166 Å². The van der Waals surface area contributed by atoms with Gasteiger partial charge in [0, 0.05) is 35.9 Å². The van der Waals surface area contributed by atoms with Crippen LogP contribution in [0.1, 0.15) is 187 Å². The number of hydrogen-bond acceptors (Lipinski definition) is 5. The molecule has 0 aliphatic rings. The molecule has 0 N–H and O–H groups in total. The minimum absolute atomic E-state index is 0.314. The molecule has 332 valence electrons. The van der Waals surface area contributed by atoms with Gasteiger partial charge in [-0.05, 0) is 95.9 Å². The van der Waals surface area contributed by atoms with Crippen LogP contribution >= 0.6 is 0 Å². The smallest absolute Gasteiger partial charge is 0.159 e. The van der Waals surface area contributed by atoms with Crippen LogP contribution in [0.5, 0.6) is 0 Å². The molecule has 0 bridgehead atoms. The standard InChI is InChI=1S/C58H74N4O/c1-5-9-13-17-21-45-25-29-49(30-26-45)55(51-33-37-53(38-34-51)57-59-41-47(42-60-57)23-19-15-11-7-3)63-56(50-31-27-46(28-32-50)22-18-14-10-6-2)52-35-39-54(40-36-52)58-61-43-48(44-62-58)24-20-16-12-8-4/h25-44,55-56H,5-24H2,1-4H3. The van der Waals surface area contributed by atoms with Crippen LogP contribution in [-0.2, 0) is 30.4 Å². The van der Waals surface area contributed by atoms with E-state index in [0.29, 0.717) is 0 Å². The first-order chi connectivity index (χ1) is 31.1. The molecule has 0 amide bonds. The molecule has 0 saturated carbocycles. The second-order valence-corrected chi connectivity index (χ2v) is 17.7. The van der Waals surface area contributed by atoms with Crippen LogP contribution in [-0.4, -0.2) is 19.9 Å². The maximum absolute atomic E-state index is 7.47. The molecule has 0 fully saturated rings. The molecule has 63 heavy (non-hydrogen) atoms. The summed E-state index contributed by atoms with van der Waals surface area (Å²) >= 11 is 0. The van der Waals surface area contributed by atoms with Crippen molar-refractivity contribution in [3.8, 4) is 22.8 Å². The molecule has 0 spiro atoms. The molecule has 2 aromatic heterocycles. The fourth-order valence-corrected chi connectivity index (χ4v) is 8.46. The normalized spacial score (nSPS) is 12.4. The third-order valence-corrected chi connectivity index (χ3v) is 12.5. The first-order valence-electron chi connectivity index (χ1n) is 24.7. The first-order valence-corrected chi connectivity index (χ1v) is 24.7. The third-order valence-electron chi connectivity index (χ3n) is 12.5. The van der Waals surface area contributed by atoms with E-state index in [1.165, 1.54) is 125 Å². The average Bonchev–Trinajstić information content (AvgIpc) is 3.34. The van der Waals surface area contributed by atoms with E-state index < -0.39 is 0 Å². The van der Waals surface area contributed by atoms with Crippen molar-refractivity contribution in [2.24, 2.45) is 0 Å². The van der Waals surface area contributed by atoms with Gasteiger partial charge in [-0.3, -0.25) is 0 Å².